The first kappa shape index (κ1) is 22.4. The summed E-state index contributed by atoms with van der Waals surface area (Å²) in [5.41, 5.74) is 1.43. The molecule has 0 saturated carbocycles. The first-order valence-corrected chi connectivity index (χ1v) is 11.2. The lowest BCUT2D eigenvalue weighted by atomic mass is 9.97. The number of hydrogen-bond acceptors (Lipinski definition) is 4. The molecule has 0 bridgehead atoms. The quantitative estimate of drug-likeness (QED) is 0.391. The Labute approximate surface area is 187 Å². The van der Waals surface area contributed by atoms with Crippen LogP contribution < -0.4 is 4.74 Å². The summed E-state index contributed by atoms with van der Waals surface area (Å²) in [6.07, 6.45) is 0.658. The summed E-state index contributed by atoms with van der Waals surface area (Å²) >= 11 is 7.55. The molecule has 1 unspecified atom stereocenters. The molecule has 158 valence electrons. The van der Waals surface area contributed by atoms with Gasteiger partial charge in [-0.1, -0.05) is 60.6 Å². The fourth-order valence-corrected chi connectivity index (χ4v) is 4.20. The van der Waals surface area contributed by atoms with Gasteiger partial charge in [-0.25, -0.2) is 4.68 Å². The SMILES string of the molecule is CCC(C(=O)Oc1c(Sc2ccc(Cl)cc2)c(C)nn1C(C)(C)C)c1ccccc1. The van der Waals surface area contributed by atoms with E-state index >= 15 is 0 Å². The van der Waals surface area contributed by atoms with E-state index in [2.05, 4.69) is 0 Å². The third-order valence-corrected chi connectivity index (χ3v) is 6.16. The van der Waals surface area contributed by atoms with E-state index in [0.29, 0.717) is 17.3 Å². The molecule has 2 aromatic carbocycles. The molecule has 0 saturated heterocycles. The summed E-state index contributed by atoms with van der Waals surface area (Å²) in [6, 6.07) is 17.4. The summed E-state index contributed by atoms with van der Waals surface area (Å²) in [4.78, 5) is 15.0. The maximum atomic E-state index is 13.2. The molecular weight excluding hydrogens is 416 g/mol. The average Bonchev–Trinajstić information content (AvgIpc) is 3.01. The zero-order valence-electron chi connectivity index (χ0n) is 18.0. The van der Waals surface area contributed by atoms with Gasteiger partial charge in [-0.15, -0.1) is 0 Å². The average molecular weight is 443 g/mol. The van der Waals surface area contributed by atoms with Gasteiger partial charge < -0.3 is 4.74 Å². The van der Waals surface area contributed by atoms with Crippen molar-refractivity contribution in [3.8, 4) is 5.88 Å². The second kappa shape index (κ2) is 9.27. The van der Waals surface area contributed by atoms with Gasteiger partial charge in [0.25, 0.3) is 0 Å². The van der Waals surface area contributed by atoms with Crippen molar-refractivity contribution < 1.29 is 9.53 Å². The third kappa shape index (κ3) is 5.08. The van der Waals surface area contributed by atoms with Crippen molar-refractivity contribution in [1.29, 1.82) is 0 Å². The van der Waals surface area contributed by atoms with E-state index < -0.39 is 0 Å². The Morgan fingerprint density at radius 1 is 1.13 bits per heavy atom. The molecule has 1 atom stereocenters. The van der Waals surface area contributed by atoms with Crippen LogP contribution in [0.15, 0.2) is 64.4 Å². The normalized spacial score (nSPS) is 12.6. The lowest BCUT2D eigenvalue weighted by Gasteiger charge is -2.23. The van der Waals surface area contributed by atoms with Crippen LogP contribution in [0.3, 0.4) is 0 Å². The Bertz CT molecular complexity index is 1010. The van der Waals surface area contributed by atoms with E-state index in [1.54, 1.807) is 4.68 Å². The van der Waals surface area contributed by atoms with E-state index in [-0.39, 0.29) is 17.4 Å². The molecule has 6 heteroatoms. The van der Waals surface area contributed by atoms with E-state index in [9.17, 15) is 4.79 Å². The van der Waals surface area contributed by atoms with E-state index in [0.717, 1.165) is 21.0 Å². The highest BCUT2D eigenvalue weighted by Crippen LogP contribution is 2.41. The van der Waals surface area contributed by atoms with Crippen molar-refractivity contribution >= 4 is 29.3 Å². The second-order valence-electron chi connectivity index (χ2n) is 8.15. The predicted molar refractivity (Wildman–Crippen MR) is 123 cm³/mol. The fraction of sp³-hybridized carbons (Fsp3) is 0.333. The van der Waals surface area contributed by atoms with Crippen LogP contribution in [0.4, 0.5) is 0 Å². The van der Waals surface area contributed by atoms with Crippen molar-refractivity contribution in [1.82, 2.24) is 9.78 Å². The molecule has 3 aromatic rings. The third-order valence-electron chi connectivity index (χ3n) is 4.73. The van der Waals surface area contributed by atoms with E-state index in [1.807, 2.05) is 89.2 Å². The molecule has 0 fully saturated rings. The molecule has 0 aliphatic carbocycles. The van der Waals surface area contributed by atoms with Gasteiger partial charge in [-0.3, -0.25) is 4.79 Å². The van der Waals surface area contributed by atoms with Crippen LogP contribution in [0.2, 0.25) is 5.02 Å². The number of hydrogen-bond donors (Lipinski definition) is 0. The summed E-state index contributed by atoms with van der Waals surface area (Å²) in [6.45, 7) is 10.1. The minimum absolute atomic E-state index is 0.271. The van der Waals surface area contributed by atoms with Crippen LogP contribution in [0.5, 0.6) is 5.88 Å². The molecule has 0 radical (unpaired) electrons. The van der Waals surface area contributed by atoms with Crippen LogP contribution in [-0.4, -0.2) is 15.7 Å². The number of halogens is 1. The molecule has 0 N–H and O–H groups in total. The van der Waals surface area contributed by atoms with Gasteiger partial charge in [0, 0.05) is 9.92 Å². The molecule has 4 nitrogen and oxygen atoms in total. The fourth-order valence-electron chi connectivity index (χ4n) is 3.16. The van der Waals surface area contributed by atoms with Crippen molar-refractivity contribution in [2.75, 3.05) is 0 Å². The van der Waals surface area contributed by atoms with Crippen LogP contribution in [0.25, 0.3) is 0 Å². The summed E-state index contributed by atoms with van der Waals surface area (Å²) in [5, 5.41) is 5.38. The minimum atomic E-state index is -0.340. The molecule has 0 aliphatic rings. The highest BCUT2D eigenvalue weighted by atomic mass is 35.5. The number of ether oxygens (including phenoxy) is 1. The van der Waals surface area contributed by atoms with Crippen LogP contribution in [0.1, 0.15) is 51.3 Å². The molecule has 1 heterocycles. The number of esters is 1. The van der Waals surface area contributed by atoms with Gasteiger partial charge in [0.15, 0.2) is 0 Å². The van der Waals surface area contributed by atoms with Gasteiger partial charge >= 0.3 is 5.97 Å². The molecule has 0 spiro atoms. The number of carbonyl (C=O) groups excluding carboxylic acids is 1. The van der Waals surface area contributed by atoms with Gasteiger partial charge in [0.2, 0.25) is 5.88 Å². The molecule has 0 aliphatic heterocycles. The highest BCUT2D eigenvalue weighted by Gasteiger charge is 2.30. The van der Waals surface area contributed by atoms with Crippen LogP contribution in [-0.2, 0) is 10.3 Å². The number of carbonyl (C=O) groups is 1. The van der Waals surface area contributed by atoms with Gasteiger partial charge in [0.05, 0.1) is 22.0 Å². The molecular formula is C24H27ClN2O2S. The zero-order valence-corrected chi connectivity index (χ0v) is 19.6. The minimum Gasteiger partial charge on any atom is -0.406 e. The van der Waals surface area contributed by atoms with Crippen molar-refractivity contribution in [3.05, 3.63) is 70.9 Å². The number of benzene rings is 2. The van der Waals surface area contributed by atoms with Crippen molar-refractivity contribution in [2.24, 2.45) is 0 Å². The smallest absolute Gasteiger partial charge is 0.320 e. The predicted octanol–water partition coefficient (Wildman–Crippen LogP) is 6.85. The number of nitrogens with zero attached hydrogens (tertiary/aromatic N) is 2. The summed E-state index contributed by atoms with van der Waals surface area (Å²) < 4.78 is 7.84. The van der Waals surface area contributed by atoms with Gasteiger partial charge in [-0.05, 0) is 63.9 Å². The van der Waals surface area contributed by atoms with Gasteiger partial charge in [0.1, 0.15) is 0 Å². The monoisotopic (exact) mass is 442 g/mol. The first-order chi connectivity index (χ1) is 14.2. The standard InChI is InChI=1S/C24H27ClN2O2S/c1-6-20(17-10-8-7-9-11-17)23(28)29-22-21(16(2)26-27(22)24(3,4)5)30-19-14-12-18(25)13-15-19/h7-15,20H,6H2,1-5H3. The van der Waals surface area contributed by atoms with Crippen molar-refractivity contribution in [3.63, 3.8) is 0 Å². The van der Waals surface area contributed by atoms with E-state index in [1.165, 1.54) is 11.8 Å². The Morgan fingerprint density at radius 3 is 2.33 bits per heavy atom. The van der Waals surface area contributed by atoms with Crippen molar-refractivity contribution in [2.45, 2.75) is 62.3 Å². The lowest BCUT2D eigenvalue weighted by Crippen LogP contribution is -2.27. The van der Waals surface area contributed by atoms with Crippen LogP contribution >= 0.6 is 23.4 Å². The molecule has 0 amide bonds. The Hall–Kier alpha value is -2.24. The van der Waals surface area contributed by atoms with Crippen LogP contribution in [0, 0.1) is 6.92 Å². The van der Waals surface area contributed by atoms with Gasteiger partial charge in [-0.2, -0.15) is 5.10 Å². The molecule has 30 heavy (non-hydrogen) atoms. The summed E-state index contributed by atoms with van der Waals surface area (Å²) in [7, 11) is 0. The van der Waals surface area contributed by atoms with E-state index in [4.69, 9.17) is 21.4 Å². The number of rotatable bonds is 6. The Balaban J connectivity index is 1.98. The maximum absolute atomic E-state index is 13.2. The first-order valence-electron chi connectivity index (χ1n) is 10.0. The Kier molecular flexibility index (Phi) is 6.94. The largest absolute Gasteiger partial charge is 0.406 e. The summed E-state index contributed by atoms with van der Waals surface area (Å²) in [5.74, 6) is -0.116. The highest BCUT2D eigenvalue weighted by molar-refractivity contribution is 7.99. The molecule has 1 aromatic heterocycles. The maximum Gasteiger partial charge on any atom is 0.320 e. The zero-order chi connectivity index (χ0) is 21.9. The number of aromatic nitrogens is 2. The Morgan fingerprint density at radius 2 is 1.77 bits per heavy atom. The second-order valence-corrected chi connectivity index (χ2v) is 9.67. The lowest BCUT2D eigenvalue weighted by molar-refractivity contribution is -0.137. The topological polar surface area (TPSA) is 44.1 Å². The number of aryl methyl sites for hydroxylation is 1. The molecule has 3 rings (SSSR count).